The van der Waals surface area contributed by atoms with Gasteiger partial charge in [0.1, 0.15) is 5.41 Å². The molecule has 0 heterocycles. The Labute approximate surface area is 76.8 Å². The van der Waals surface area contributed by atoms with Gasteiger partial charge in [-0.15, -0.1) is 0 Å². The largest absolute Gasteiger partial charge is 0.368 e. The van der Waals surface area contributed by atoms with Crippen LogP contribution in [0.5, 0.6) is 0 Å². The molecular formula is C11H11NO. The number of carbonyl (C=O) groups excluding carboxylic acids is 1. The number of allylic oxidation sites excluding steroid dienone is 3. The lowest BCUT2D eigenvalue weighted by Gasteiger charge is -2.28. The molecule has 0 aromatic rings. The van der Waals surface area contributed by atoms with Gasteiger partial charge in [-0.1, -0.05) is 29.9 Å². The molecule has 0 saturated heterocycles. The zero-order valence-electron chi connectivity index (χ0n) is 7.29. The highest BCUT2D eigenvalue weighted by atomic mass is 16.1. The Morgan fingerprint density at radius 2 is 2.46 bits per heavy atom. The van der Waals surface area contributed by atoms with Crippen molar-refractivity contribution in [2.45, 2.75) is 12.8 Å². The van der Waals surface area contributed by atoms with Crippen molar-refractivity contribution in [1.29, 1.82) is 0 Å². The molecule has 2 N–H and O–H groups in total. The van der Waals surface area contributed by atoms with E-state index in [-0.39, 0.29) is 5.91 Å². The number of hydrogen-bond acceptors (Lipinski definition) is 1. The number of hydrogen-bond donors (Lipinski definition) is 1. The Hall–Kier alpha value is -1.31. The molecule has 13 heavy (non-hydrogen) atoms. The Bertz CT molecular complexity index is 389. The molecular weight excluding hydrogens is 162 g/mol. The van der Waals surface area contributed by atoms with Gasteiger partial charge in [0, 0.05) is 5.92 Å². The number of carbonyl (C=O) groups is 1. The highest BCUT2D eigenvalue weighted by Gasteiger charge is 2.50. The molecule has 1 amide bonds. The third kappa shape index (κ3) is 0.634. The molecule has 0 bridgehead atoms. The zero-order valence-corrected chi connectivity index (χ0v) is 7.29. The second kappa shape index (κ2) is 1.95. The minimum absolute atomic E-state index is 0.227. The third-order valence-electron chi connectivity index (χ3n) is 3.48. The van der Waals surface area contributed by atoms with Crippen LogP contribution in [-0.4, -0.2) is 5.91 Å². The third-order valence-corrected chi connectivity index (χ3v) is 3.48. The first kappa shape index (κ1) is 7.13. The molecule has 0 aliphatic heterocycles. The van der Waals surface area contributed by atoms with Gasteiger partial charge in [0.15, 0.2) is 0 Å². The first-order valence-corrected chi connectivity index (χ1v) is 4.65. The monoisotopic (exact) mass is 173 g/mol. The Morgan fingerprint density at radius 3 is 3.08 bits per heavy atom. The number of amides is 1. The van der Waals surface area contributed by atoms with Gasteiger partial charge in [-0.05, 0) is 18.4 Å². The Kier molecular flexibility index (Phi) is 1.07. The van der Waals surface area contributed by atoms with E-state index < -0.39 is 5.41 Å². The van der Waals surface area contributed by atoms with Crippen molar-refractivity contribution < 1.29 is 4.79 Å². The van der Waals surface area contributed by atoms with Crippen molar-refractivity contribution in [2.75, 3.05) is 0 Å². The zero-order chi connectivity index (χ0) is 9.05. The van der Waals surface area contributed by atoms with Crippen molar-refractivity contribution in [3.05, 3.63) is 35.5 Å². The summed E-state index contributed by atoms with van der Waals surface area (Å²) in [5.74, 6) is 0.303. The van der Waals surface area contributed by atoms with E-state index in [2.05, 4.69) is 12.2 Å². The lowest BCUT2D eigenvalue weighted by Crippen LogP contribution is -2.33. The van der Waals surface area contributed by atoms with Crippen LogP contribution in [0.15, 0.2) is 35.5 Å². The predicted octanol–water partition coefficient (Wildman–Crippen LogP) is 1.30. The van der Waals surface area contributed by atoms with Gasteiger partial charge in [-0.2, -0.15) is 0 Å². The maximum absolute atomic E-state index is 11.4. The number of fused-ring (bicyclic) bond motifs is 3. The predicted molar refractivity (Wildman–Crippen MR) is 49.7 cm³/mol. The van der Waals surface area contributed by atoms with E-state index in [1.165, 1.54) is 17.6 Å². The van der Waals surface area contributed by atoms with Gasteiger partial charge < -0.3 is 5.73 Å². The molecule has 0 radical (unpaired) electrons. The highest BCUT2D eigenvalue weighted by molar-refractivity contribution is 5.92. The maximum Gasteiger partial charge on any atom is 0.235 e. The first-order chi connectivity index (χ1) is 6.24. The van der Waals surface area contributed by atoms with Gasteiger partial charge in [-0.25, -0.2) is 0 Å². The fraction of sp³-hybridized carbons (Fsp3) is 0.364. The van der Waals surface area contributed by atoms with E-state index in [1.54, 1.807) is 0 Å². The van der Waals surface area contributed by atoms with Crippen molar-refractivity contribution >= 4 is 5.91 Å². The highest BCUT2D eigenvalue weighted by Crippen LogP contribution is 2.56. The number of rotatable bonds is 1. The van der Waals surface area contributed by atoms with Gasteiger partial charge in [-0.3, -0.25) is 4.79 Å². The van der Waals surface area contributed by atoms with Crippen LogP contribution in [0.1, 0.15) is 12.8 Å². The Morgan fingerprint density at radius 1 is 1.62 bits per heavy atom. The average molecular weight is 173 g/mol. The summed E-state index contributed by atoms with van der Waals surface area (Å²) in [5, 5.41) is 0. The summed E-state index contributed by atoms with van der Waals surface area (Å²) in [6.45, 7) is 0. The summed E-state index contributed by atoms with van der Waals surface area (Å²) in [4.78, 5) is 11.4. The van der Waals surface area contributed by atoms with E-state index in [0.29, 0.717) is 5.92 Å². The molecule has 3 aliphatic rings. The fourth-order valence-electron chi connectivity index (χ4n) is 2.64. The van der Waals surface area contributed by atoms with Crippen molar-refractivity contribution in [3.63, 3.8) is 0 Å². The van der Waals surface area contributed by atoms with Crippen molar-refractivity contribution in [2.24, 2.45) is 17.1 Å². The van der Waals surface area contributed by atoms with Crippen LogP contribution in [0.4, 0.5) is 0 Å². The lowest BCUT2D eigenvalue weighted by molar-refractivity contribution is -0.121. The number of nitrogens with two attached hydrogens (primary N) is 1. The molecule has 2 heteroatoms. The summed E-state index contributed by atoms with van der Waals surface area (Å²) in [6, 6.07) is 0. The number of primary amides is 1. The molecule has 0 aromatic carbocycles. The topological polar surface area (TPSA) is 43.1 Å². The minimum Gasteiger partial charge on any atom is -0.368 e. The van der Waals surface area contributed by atoms with E-state index in [0.717, 1.165) is 6.42 Å². The smallest absolute Gasteiger partial charge is 0.235 e. The lowest BCUT2D eigenvalue weighted by atomic mass is 9.75. The summed E-state index contributed by atoms with van der Waals surface area (Å²) in [6.07, 6.45) is 10.3. The van der Waals surface area contributed by atoms with Crippen molar-refractivity contribution in [3.8, 4) is 0 Å². The van der Waals surface area contributed by atoms with Crippen LogP contribution in [-0.2, 0) is 4.79 Å². The van der Waals surface area contributed by atoms with Gasteiger partial charge in [0.25, 0.3) is 0 Å². The standard InChI is InChI=1S/C11H11NO/c12-10(13)11-5-1-2-9(11)8-4-3-7(8)6-11/h1-2,5-6,8H,3-4H2,(H2,12,13). The van der Waals surface area contributed by atoms with E-state index >= 15 is 0 Å². The summed E-state index contributed by atoms with van der Waals surface area (Å²) in [5.41, 5.74) is 7.54. The van der Waals surface area contributed by atoms with E-state index in [9.17, 15) is 4.79 Å². The summed E-state index contributed by atoms with van der Waals surface area (Å²) in [7, 11) is 0. The van der Waals surface area contributed by atoms with Gasteiger partial charge >= 0.3 is 0 Å². The van der Waals surface area contributed by atoms with E-state index in [1.807, 2.05) is 12.2 Å². The maximum atomic E-state index is 11.4. The molecule has 2 atom stereocenters. The normalized spacial score (nSPS) is 38.9. The van der Waals surface area contributed by atoms with Crippen LogP contribution >= 0.6 is 0 Å². The van der Waals surface area contributed by atoms with Crippen LogP contribution < -0.4 is 5.73 Å². The van der Waals surface area contributed by atoms with Crippen LogP contribution in [0, 0.1) is 11.3 Å². The van der Waals surface area contributed by atoms with Gasteiger partial charge in [0.05, 0.1) is 0 Å². The molecule has 1 saturated carbocycles. The molecule has 2 unspecified atom stereocenters. The van der Waals surface area contributed by atoms with Crippen molar-refractivity contribution in [1.82, 2.24) is 0 Å². The first-order valence-electron chi connectivity index (χ1n) is 4.65. The van der Waals surface area contributed by atoms with Crippen LogP contribution in [0.2, 0.25) is 0 Å². The summed E-state index contributed by atoms with van der Waals surface area (Å²) >= 11 is 0. The van der Waals surface area contributed by atoms with Gasteiger partial charge in [0.2, 0.25) is 5.91 Å². The van der Waals surface area contributed by atoms with E-state index in [4.69, 9.17) is 5.73 Å². The quantitative estimate of drug-likeness (QED) is 0.597. The molecule has 3 aliphatic carbocycles. The second-order valence-electron chi connectivity index (χ2n) is 4.02. The Balaban J connectivity index is 2.17. The summed E-state index contributed by atoms with van der Waals surface area (Å²) < 4.78 is 0. The molecule has 3 rings (SSSR count). The molecule has 0 aromatic heterocycles. The minimum atomic E-state index is -0.531. The van der Waals surface area contributed by atoms with Crippen LogP contribution in [0.25, 0.3) is 0 Å². The second-order valence-corrected chi connectivity index (χ2v) is 4.02. The molecule has 66 valence electrons. The molecule has 2 nitrogen and oxygen atoms in total. The van der Waals surface area contributed by atoms with Crippen LogP contribution in [0.3, 0.4) is 0 Å². The fourth-order valence-corrected chi connectivity index (χ4v) is 2.64. The SMILES string of the molecule is NC(=O)C12C=CC=C1C1CCC1=C2. The molecule has 0 spiro atoms. The molecule has 1 fully saturated rings. The average Bonchev–Trinajstić information content (AvgIpc) is 2.50.